The van der Waals surface area contributed by atoms with Crippen molar-refractivity contribution in [1.82, 2.24) is 19.9 Å². The Bertz CT molecular complexity index is 1180. The standard InChI is InChI=1S/C21H21ClN6/c1-27-7-9-28(10-8-27)13-5-6-16-18(11-13)26-21(25-16)14-12-24-17-4-2-3-15(22)19(17)20(14)23/h2-6,11-12H,7-10H2,1H3,(H2,23,24)(H,25,26). The number of pyridine rings is 1. The summed E-state index contributed by atoms with van der Waals surface area (Å²) < 4.78 is 0. The van der Waals surface area contributed by atoms with E-state index in [0.29, 0.717) is 16.5 Å². The van der Waals surface area contributed by atoms with E-state index in [2.05, 4.69) is 45.0 Å². The quantitative estimate of drug-likeness (QED) is 0.543. The van der Waals surface area contributed by atoms with E-state index in [0.717, 1.165) is 53.7 Å². The van der Waals surface area contributed by atoms with Gasteiger partial charge in [-0.05, 0) is 37.4 Å². The van der Waals surface area contributed by atoms with E-state index < -0.39 is 0 Å². The van der Waals surface area contributed by atoms with Crippen LogP contribution in [0.3, 0.4) is 0 Å². The Balaban J connectivity index is 1.56. The number of halogens is 1. The monoisotopic (exact) mass is 392 g/mol. The second-order valence-corrected chi connectivity index (χ2v) is 7.70. The third-order valence-electron chi connectivity index (χ3n) is 5.47. The number of aromatic amines is 1. The van der Waals surface area contributed by atoms with Gasteiger partial charge in [-0.25, -0.2) is 4.98 Å². The second kappa shape index (κ2) is 6.65. The van der Waals surface area contributed by atoms with Gasteiger partial charge in [-0.15, -0.1) is 0 Å². The molecule has 142 valence electrons. The average Bonchev–Trinajstić information content (AvgIpc) is 3.12. The number of hydrogen-bond acceptors (Lipinski definition) is 5. The van der Waals surface area contributed by atoms with Crippen LogP contribution in [-0.2, 0) is 0 Å². The molecule has 5 rings (SSSR count). The Morgan fingerprint density at radius 3 is 2.71 bits per heavy atom. The Morgan fingerprint density at radius 2 is 1.89 bits per heavy atom. The second-order valence-electron chi connectivity index (χ2n) is 7.30. The van der Waals surface area contributed by atoms with Crippen molar-refractivity contribution in [2.75, 3.05) is 43.9 Å². The number of rotatable bonds is 2. The van der Waals surface area contributed by atoms with Crippen molar-refractivity contribution >= 4 is 44.9 Å². The van der Waals surface area contributed by atoms with Crippen molar-refractivity contribution in [2.24, 2.45) is 0 Å². The number of hydrogen-bond donors (Lipinski definition) is 2. The summed E-state index contributed by atoms with van der Waals surface area (Å²) in [5.74, 6) is 0.706. The topological polar surface area (TPSA) is 74.1 Å². The van der Waals surface area contributed by atoms with Crippen molar-refractivity contribution in [3.05, 3.63) is 47.6 Å². The minimum atomic E-state index is 0.592. The fourth-order valence-corrected chi connectivity index (χ4v) is 4.07. The highest BCUT2D eigenvalue weighted by molar-refractivity contribution is 6.36. The van der Waals surface area contributed by atoms with Crippen molar-refractivity contribution < 1.29 is 0 Å². The van der Waals surface area contributed by atoms with Crippen LogP contribution in [0.25, 0.3) is 33.3 Å². The molecular formula is C21H21ClN6. The lowest BCUT2D eigenvalue weighted by molar-refractivity contribution is 0.313. The van der Waals surface area contributed by atoms with Gasteiger partial charge in [0.2, 0.25) is 0 Å². The van der Waals surface area contributed by atoms with Crippen molar-refractivity contribution in [2.45, 2.75) is 0 Å². The number of nitrogens with one attached hydrogen (secondary N) is 1. The molecule has 0 spiro atoms. The fourth-order valence-electron chi connectivity index (χ4n) is 3.80. The van der Waals surface area contributed by atoms with Gasteiger partial charge < -0.3 is 20.5 Å². The Morgan fingerprint density at radius 1 is 1.07 bits per heavy atom. The van der Waals surface area contributed by atoms with E-state index >= 15 is 0 Å². The van der Waals surface area contributed by atoms with Crippen LogP contribution >= 0.6 is 11.6 Å². The van der Waals surface area contributed by atoms with E-state index in [1.54, 1.807) is 6.20 Å². The molecule has 0 atom stereocenters. The number of nitrogens with zero attached hydrogens (tertiary/aromatic N) is 4. The zero-order chi connectivity index (χ0) is 19.3. The number of piperazine rings is 1. The molecule has 0 unspecified atom stereocenters. The van der Waals surface area contributed by atoms with Crippen LogP contribution in [0.2, 0.25) is 5.02 Å². The maximum absolute atomic E-state index is 6.44. The largest absolute Gasteiger partial charge is 0.397 e. The number of aromatic nitrogens is 3. The first-order valence-electron chi connectivity index (χ1n) is 9.36. The van der Waals surface area contributed by atoms with Gasteiger partial charge in [0.25, 0.3) is 0 Å². The summed E-state index contributed by atoms with van der Waals surface area (Å²) in [6.45, 7) is 4.21. The minimum absolute atomic E-state index is 0.592. The number of likely N-dealkylation sites (N-methyl/N-ethyl adjacent to an activating group) is 1. The van der Waals surface area contributed by atoms with E-state index in [1.165, 1.54) is 5.69 Å². The van der Waals surface area contributed by atoms with E-state index in [9.17, 15) is 0 Å². The molecule has 2 aromatic carbocycles. The maximum Gasteiger partial charge on any atom is 0.142 e. The number of nitrogen functional groups attached to an aromatic ring is 1. The molecule has 3 heterocycles. The van der Waals surface area contributed by atoms with Gasteiger partial charge in [-0.2, -0.15) is 0 Å². The Hall–Kier alpha value is -2.83. The highest BCUT2D eigenvalue weighted by atomic mass is 35.5. The van der Waals surface area contributed by atoms with Crippen LogP contribution in [0.5, 0.6) is 0 Å². The van der Waals surface area contributed by atoms with Crippen LogP contribution in [-0.4, -0.2) is 53.1 Å². The lowest BCUT2D eigenvalue weighted by atomic mass is 10.1. The van der Waals surface area contributed by atoms with Gasteiger partial charge in [0, 0.05) is 43.4 Å². The molecule has 1 aliphatic heterocycles. The summed E-state index contributed by atoms with van der Waals surface area (Å²) in [4.78, 5) is 17.4. The van der Waals surface area contributed by atoms with Crippen LogP contribution in [0, 0.1) is 0 Å². The predicted octanol–water partition coefficient (Wildman–Crippen LogP) is 3.77. The van der Waals surface area contributed by atoms with Gasteiger partial charge in [-0.1, -0.05) is 17.7 Å². The molecule has 1 fully saturated rings. The zero-order valence-corrected chi connectivity index (χ0v) is 16.4. The molecule has 2 aromatic heterocycles. The molecule has 0 radical (unpaired) electrons. The van der Waals surface area contributed by atoms with Crippen LogP contribution in [0.15, 0.2) is 42.6 Å². The van der Waals surface area contributed by atoms with Gasteiger partial charge in [0.1, 0.15) is 5.82 Å². The number of nitrogens with two attached hydrogens (primary N) is 1. The summed E-state index contributed by atoms with van der Waals surface area (Å²) in [7, 11) is 2.16. The molecule has 0 saturated carbocycles. The molecule has 0 amide bonds. The van der Waals surface area contributed by atoms with Gasteiger partial charge >= 0.3 is 0 Å². The summed E-state index contributed by atoms with van der Waals surface area (Å²) in [6, 6.07) is 12.0. The summed E-state index contributed by atoms with van der Waals surface area (Å²) in [5.41, 5.74) is 11.7. The lowest BCUT2D eigenvalue weighted by Gasteiger charge is -2.34. The van der Waals surface area contributed by atoms with Crippen LogP contribution < -0.4 is 10.6 Å². The molecule has 0 aliphatic carbocycles. The van der Waals surface area contributed by atoms with Gasteiger partial charge in [0.15, 0.2) is 0 Å². The van der Waals surface area contributed by atoms with E-state index in [4.69, 9.17) is 22.3 Å². The number of imidazole rings is 1. The number of H-pyrrole nitrogens is 1. The first-order valence-corrected chi connectivity index (χ1v) is 9.74. The van der Waals surface area contributed by atoms with Crippen LogP contribution in [0.1, 0.15) is 0 Å². The van der Waals surface area contributed by atoms with E-state index in [-0.39, 0.29) is 0 Å². The molecule has 3 N–H and O–H groups in total. The SMILES string of the molecule is CN1CCN(c2ccc3nc(-c4cnc5cccc(Cl)c5c4N)[nH]c3c2)CC1. The smallest absolute Gasteiger partial charge is 0.142 e. The minimum Gasteiger partial charge on any atom is -0.397 e. The Kier molecular flexibility index (Phi) is 4.10. The normalized spacial score (nSPS) is 15.6. The highest BCUT2D eigenvalue weighted by Crippen LogP contribution is 2.35. The third kappa shape index (κ3) is 2.85. The number of benzene rings is 2. The number of fused-ring (bicyclic) bond motifs is 2. The van der Waals surface area contributed by atoms with Crippen molar-refractivity contribution in [3.63, 3.8) is 0 Å². The molecule has 1 saturated heterocycles. The van der Waals surface area contributed by atoms with Crippen LogP contribution in [0.4, 0.5) is 11.4 Å². The summed E-state index contributed by atoms with van der Waals surface area (Å²) in [6.07, 6.45) is 1.76. The number of anilines is 2. The molecule has 4 aromatic rings. The zero-order valence-electron chi connectivity index (χ0n) is 15.6. The predicted molar refractivity (Wildman–Crippen MR) is 116 cm³/mol. The average molecular weight is 393 g/mol. The fraction of sp³-hybridized carbons (Fsp3) is 0.238. The lowest BCUT2D eigenvalue weighted by Crippen LogP contribution is -2.44. The molecule has 28 heavy (non-hydrogen) atoms. The maximum atomic E-state index is 6.44. The highest BCUT2D eigenvalue weighted by Gasteiger charge is 2.17. The van der Waals surface area contributed by atoms with Crippen molar-refractivity contribution in [3.8, 4) is 11.4 Å². The van der Waals surface area contributed by atoms with Gasteiger partial charge in [-0.3, -0.25) is 4.98 Å². The third-order valence-corrected chi connectivity index (χ3v) is 5.79. The summed E-state index contributed by atoms with van der Waals surface area (Å²) >= 11 is 6.36. The molecule has 7 heteroatoms. The van der Waals surface area contributed by atoms with E-state index in [1.807, 2.05) is 18.2 Å². The molecular weight excluding hydrogens is 372 g/mol. The summed E-state index contributed by atoms with van der Waals surface area (Å²) in [5, 5.41) is 1.36. The Labute approximate surface area is 167 Å². The van der Waals surface area contributed by atoms with Gasteiger partial charge in [0.05, 0.1) is 32.8 Å². The molecule has 0 bridgehead atoms. The molecule has 6 nitrogen and oxygen atoms in total. The van der Waals surface area contributed by atoms with Crippen molar-refractivity contribution in [1.29, 1.82) is 0 Å². The first kappa shape index (κ1) is 17.3. The first-order chi connectivity index (χ1) is 13.6. The molecule has 1 aliphatic rings.